The van der Waals surface area contributed by atoms with Gasteiger partial charge in [0, 0.05) is 23.0 Å². The summed E-state index contributed by atoms with van der Waals surface area (Å²) in [6.45, 7) is 8.45. The van der Waals surface area contributed by atoms with Crippen LogP contribution in [0.4, 0.5) is 0 Å². The number of unbranched alkanes of at least 4 members (excludes halogenated alkanes) is 24. The monoisotopic (exact) mass is 854 g/mol. The van der Waals surface area contributed by atoms with Crippen molar-refractivity contribution in [2.45, 2.75) is 213 Å². The van der Waals surface area contributed by atoms with E-state index in [2.05, 4.69) is 19.2 Å². The Labute approximate surface area is 370 Å². The lowest BCUT2D eigenvalue weighted by atomic mass is 9.81. The molecule has 1 aliphatic rings. The highest BCUT2D eigenvalue weighted by Crippen LogP contribution is 2.39. The summed E-state index contributed by atoms with van der Waals surface area (Å²) in [4.78, 5) is 52.3. The number of rotatable bonds is 37. The number of carbonyl (C=O) groups is 4. The van der Waals surface area contributed by atoms with Crippen molar-refractivity contribution >= 4 is 23.9 Å². The summed E-state index contributed by atoms with van der Waals surface area (Å²) < 4.78 is 23.9. The predicted molar refractivity (Wildman–Crippen MR) is 243 cm³/mol. The third-order valence-corrected chi connectivity index (χ3v) is 11.6. The summed E-state index contributed by atoms with van der Waals surface area (Å²) in [5, 5.41) is 3.16. The molecule has 10 nitrogen and oxygen atoms in total. The van der Waals surface area contributed by atoms with E-state index in [9.17, 15) is 19.2 Å². The molecule has 1 aliphatic heterocycles. The van der Waals surface area contributed by atoms with Gasteiger partial charge in [0.05, 0.1) is 43.1 Å². The second-order valence-corrected chi connectivity index (χ2v) is 17.1. The number of allylic oxidation sites excluding steroid dienone is 2. The van der Waals surface area contributed by atoms with E-state index >= 15 is 0 Å². The van der Waals surface area contributed by atoms with Crippen LogP contribution in [0.25, 0.3) is 0 Å². The summed E-state index contributed by atoms with van der Waals surface area (Å²) in [6, 6.07) is 3.69. The van der Waals surface area contributed by atoms with Crippen molar-refractivity contribution in [1.82, 2.24) is 5.32 Å². The molecule has 2 heterocycles. The van der Waals surface area contributed by atoms with Gasteiger partial charge in [-0.15, -0.1) is 0 Å². The molecular weight excluding hydrogens is 769 g/mol. The van der Waals surface area contributed by atoms with Gasteiger partial charge >= 0.3 is 23.9 Å². The molecular formula is C51H85N2O8+. The van der Waals surface area contributed by atoms with E-state index in [1.54, 1.807) is 13.8 Å². The molecule has 0 radical (unpaired) electrons. The van der Waals surface area contributed by atoms with Gasteiger partial charge in [-0.25, -0.2) is 14.2 Å². The molecule has 0 fully saturated rings. The first-order valence-corrected chi connectivity index (χ1v) is 24.5. The van der Waals surface area contributed by atoms with Crippen LogP contribution in [0, 0.1) is 0 Å². The number of aryl methyl sites for hydroxylation is 1. The zero-order valence-corrected chi connectivity index (χ0v) is 39.2. The van der Waals surface area contributed by atoms with E-state index < -0.39 is 29.8 Å². The number of ether oxygens (including phenoxy) is 4. The number of esters is 4. The molecule has 0 amide bonds. The van der Waals surface area contributed by atoms with Gasteiger partial charge in [-0.2, -0.15) is 0 Å². The maximum atomic E-state index is 13.7. The first-order chi connectivity index (χ1) is 29.7. The van der Waals surface area contributed by atoms with Crippen LogP contribution in [0.1, 0.15) is 219 Å². The highest BCUT2D eigenvalue weighted by molar-refractivity contribution is 6.00. The molecule has 0 spiro atoms. The molecule has 61 heavy (non-hydrogen) atoms. The molecule has 2 rings (SSSR count). The summed E-state index contributed by atoms with van der Waals surface area (Å²) in [6.07, 6.45) is 36.0. The standard InChI is InChI=1S/C51H84N2O8/c1-6-8-10-12-14-16-18-20-22-24-26-28-30-37-58-45(54)34-39-60-50(56)47-42(3)52-43(4)48(49(47)44-33-32-36-53(5)41-44)51(57)61-40-35-46(55)59-38-31-29-27-25-23-21-19-17-15-13-11-9-7-2/h32-33,36,41,49H,6-31,34-35,37-40H2,1-5H3/p+1. The van der Waals surface area contributed by atoms with Gasteiger partial charge in [0.2, 0.25) is 0 Å². The van der Waals surface area contributed by atoms with Gasteiger partial charge in [-0.3, -0.25) is 9.59 Å². The van der Waals surface area contributed by atoms with E-state index in [0.29, 0.717) is 30.2 Å². The molecule has 1 aromatic heterocycles. The van der Waals surface area contributed by atoms with Crippen LogP contribution in [0.3, 0.4) is 0 Å². The number of aromatic nitrogens is 1. The van der Waals surface area contributed by atoms with Crippen molar-refractivity contribution in [2.24, 2.45) is 7.05 Å². The van der Waals surface area contributed by atoms with Crippen LogP contribution in [-0.4, -0.2) is 50.3 Å². The fraction of sp³-hybridized carbons (Fsp3) is 0.745. The summed E-state index contributed by atoms with van der Waals surface area (Å²) in [5.41, 5.74) is 2.27. The zero-order chi connectivity index (χ0) is 44.3. The second-order valence-electron chi connectivity index (χ2n) is 17.1. The van der Waals surface area contributed by atoms with Gasteiger partial charge in [-0.1, -0.05) is 168 Å². The van der Waals surface area contributed by atoms with Crippen molar-refractivity contribution in [2.75, 3.05) is 26.4 Å². The van der Waals surface area contributed by atoms with Crippen molar-refractivity contribution in [1.29, 1.82) is 0 Å². The van der Waals surface area contributed by atoms with Gasteiger partial charge < -0.3 is 24.3 Å². The largest absolute Gasteiger partial charge is 0.466 e. The fourth-order valence-corrected chi connectivity index (χ4v) is 8.02. The summed E-state index contributed by atoms with van der Waals surface area (Å²) >= 11 is 0. The number of nitrogens with zero attached hydrogens (tertiary/aromatic N) is 1. The Morgan fingerprint density at radius 2 is 0.852 bits per heavy atom. The average Bonchev–Trinajstić information content (AvgIpc) is 3.23. The fourth-order valence-electron chi connectivity index (χ4n) is 8.02. The molecule has 0 atom stereocenters. The van der Waals surface area contributed by atoms with Crippen LogP contribution in [-0.2, 0) is 45.2 Å². The number of dihydropyridines is 1. The molecule has 0 saturated heterocycles. The third kappa shape index (κ3) is 24.5. The lowest BCUT2D eigenvalue weighted by Crippen LogP contribution is -2.35. The van der Waals surface area contributed by atoms with E-state index in [0.717, 1.165) is 38.5 Å². The molecule has 0 saturated carbocycles. The normalized spacial score (nSPS) is 13.0. The van der Waals surface area contributed by atoms with E-state index in [-0.39, 0.29) is 37.2 Å². The minimum Gasteiger partial charge on any atom is -0.466 e. The first kappa shape index (κ1) is 53.4. The van der Waals surface area contributed by atoms with Crippen LogP contribution in [0.5, 0.6) is 0 Å². The van der Waals surface area contributed by atoms with Crippen molar-refractivity contribution in [3.8, 4) is 0 Å². The third-order valence-electron chi connectivity index (χ3n) is 11.6. The van der Waals surface area contributed by atoms with Crippen molar-refractivity contribution < 1.29 is 42.7 Å². The Morgan fingerprint density at radius 1 is 0.508 bits per heavy atom. The van der Waals surface area contributed by atoms with Gasteiger partial charge in [0.15, 0.2) is 12.4 Å². The topological polar surface area (TPSA) is 121 Å². The summed E-state index contributed by atoms with van der Waals surface area (Å²) in [7, 11) is 1.86. The highest BCUT2D eigenvalue weighted by atomic mass is 16.6. The second kappa shape index (κ2) is 34.8. The predicted octanol–water partition coefficient (Wildman–Crippen LogP) is 11.9. The molecule has 1 aromatic rings. The molecule has 0 aromatic carbocycles. The lowest BCUT2D eigenvalue weighted by molar-refractivity contribution is -0.671. The molecule has 1 N–H and O–H groups in total. The number of hydrogen-bond acceptors (Lipinski definition) is 9. The van der Waals surface area contributed by atoms with Crippen molar-refractivity contribution in [3.63, 3.8) is 0 Å². The Morgan fingerprint density at radius 3 is 1.20 bits per heavy atom. The Kier molecular flexibility index (Phi) is 30.5. The van der Waals surface area contributed by atoms with Crippen LogP contribution >= 0.6 is 0 Å². The smallest absolute Gasteiger partial charge is 0.336 e. The minimum absolute atomic E-state index is 0.0614. The van der Waals surface area contributed by atoms with E-state index in [1.807, 2.05) is 36.1 Å². The Hall–Kier alpha value is -3.69. The molecule has 0 unspecified atom stereocenters. The van der Waals surface area contributed by atoms with Crippen molar-refractivity contribution in [3.05, 3.63) is 52.6 Å². The van der Waals surface area contributed by atoms with E-state index in [1.165, 1.54) is 128 Å². The van der Waals surface area contributed by atoms with Gasteiger partial charge in [0.25, 0.3) is 0 Å². The van der Waals surface area contributed by atoms with Gasteiger partial charge in [-0.05, 0) is 32.8 Å². The SMILES string of the molecule is CCCCCCCCCCCCCCCOC(=O)CCOC(=O)C1=C(C)NC(C)=C(C(=O)OCCC(=O)OCCCCCCCCCCCCCCC)C1c1ccc[n+](C)c1. The lowest BCUT2D eigenvalue weighted by Gasteiger charge is -2.29. The van der Waals surface area contributed by atoms with Gasteiger partial charge in [0.1, 0.15) is 20.3 Å². The Bertz CT molecular complexity index is 1370. The van der Waals surface area contributed by atoms with E-state index in [4.69, 9.17) is 18.9 Å². The van der Waals surface area contributed by atoms with Crippen LogP contribution < -0.4 is 9.88 Å². The maximum absolute atomic E-state index is 13.7. The average molecular weight is 854 g/mol. The summed E-state index contributed by atoms with van der Waals surface area (Å²) in [5.74, 6) is -2.89. The molecule has 0 aliphatic carbocycles. The number of hydrogen-bond donors (Lipinski definition) is 1. The molecule has 10 heteroatoms. The number of pyridine rings is 1. The molecule has 346 valence electrons. The number of carbonyl (C=O) groups excluding carboxylic acids is 4. The minimum atomic E-state index is -0.793. The number of nitrogens with one attached hydrogen (secondary N) is 1. The highest BCUT2D eigenvalue weighted by Gasteiger charge is 2.39. The zero-order valence-electron chi connectivity index (χ0n) is 39.2. The Balaban J connectivity index is 1.73. The molecule has 0 bridgehead atoms. The quantitative estimate of drug-likeness (QED) is 0.0302. The maximum Gasteiger partial charge on any atom is 0.336 e. The van der Waals surface area contributed by atoms with Crippen LogP contribution in [0.15, 0.2) is 47.1 Å². The first-order valence-electron chi connectivity index (χ1n) is 24.5. The van der Waals surface area contributed by atoms with Crippen LogP contribution in [0.2, 0.25) is 0 Å².